The molecule has 1 aliphatic heterocycles. The SMILES string of the molecule is CN1CCN(Cc2cccnc2)C[C@H]1c1ccccc1. The van der Waals surface area contributed by atoms with Crippen LogP contribution in [-0.4, -0.2) is 41.5 Å². The van der Waals surface area contributed by atoms with Gasteiger partial charge in [-0.15, -0.1) is 0 Å². The van der Waals surface area contributed by atoms with Gasteiger partial charge in [0.2, 0.25) is 0 Å². The summed E-state index contributed by atoms with van der Waals surface area (Å²) in [5.74, 6) is 0. The van der Waals surface area contributed by atoms with Gasteiger partial charge in [0.25, 0.3) is 0 Å². The van der Waals surface area contributed by atoms with Gasteiger partial charge in [0.05, 0.1) is 0 Å². The molecule has 1 aromatic carbocycles. The van der Waals surface area contributed by atoms with Crippen molar-refractivity contribution in [2.45, 2.75) is 12.6 Å². The lowest BCUT2D eigenvalue weighted by Gasteiger charge is -2.39. The zero-order valence-corrected chi connectivity index (χ0v) is 11.9. The topological polar surface area (TPSA) is 19.4 Å². The van der Waals surface area contributed by atoms with E-state index in [2.05, 4.69) is 58.2 Å². The summed E-state index contributed by atoms with van der Waals surface area (Å²) in [5, 5.41) is 0. The molecule has 1 aliphatic rings. The van der Waals surface area contributed by atoms with E-state index < -0.39 is 0 Å². The fourth-order valence-corrected chi connectivity index (χ4v) is 2.86. The zero-order valence-electron chi connectivity index (χ0n) is 11.9. The van der Waals surface area contributed by atoms with Gasteiger partial charge in [0, 0.05) is 44.6 Å². The summed E-state index contributed by atoms with van der Waals surface area (Å²) in [5.41, 5.74) is 2.70. The lowest BCUT2D eigenvalue weighted by atomic mass is 10.0. The van der Waals surface area contributed by atoms with E-state index in [1.165, 1.54) is 11.1 Å². The first-order chi connectivity index (χ1) is 9.83. The Morgan fingerprint density at radius 3 is 2.70 bits per heavy atom. The molecule has 0 radical (unpaired) electrons. The molecule has 1 saturated heterocycles. The van der Waals surface area contributed by atoms with Crippen LogP contribution in [0.5, 0.6) is 0 Å². The summed E-state index contributed by atoms with van der Waals surface area (Å²) in [6, 6.07) is 15.5. The summed E-state index contributed by atoms with van der Waals surface area (Å²) in [4.78, 5) is 9.18. The third kappa shape index (κ3) is 3.06. The van der Waals surface area contributed by atoms with Crippen LogP contribution in [0.2, 0.25) is 0 Å². The zero-order chi connectivity index (χ0) is 13.8. The first-order valence-electron chi connectivity index (χ1n) is 7.19. The number of benzene rings is 1. The van der Waals surface area contributed by atoms with E-state index in [0.717, 1.165) is 26.2 Å². The first kappa shape index (κ1) is 13.3. The van der Waals surface area contributed by atoms with Gasteiger partial charge in [-0.1, -0.05) is 36.4 Å². The van der Waals surface area contributed by atoms with E-state index in [0.29, 0.717) is 6.04 Å². The predicted molar refractivity (Wildman–Crippen MR) is 81.3 cm³/mol. The number of likely N-dealkylation sites (N-methyl/N-ethyl adjacent to an activating group) is 1. The minimum absolute atomic E-state index is 0.488. The van der Waals surface area contributed by atoms with Crippen LogP contribution in [-0.2, 0) is 6.54 Å². The van der Waals surface area contributed by atoms with Crippen LogP contribution < -0.4 is 0 Å². The number of pyridine rings is 1. The summed E-state index contributed by atoms with van der Waals surface area (Å²) >= 11 is 0. The normalized spacial score (nSPS) is 20.9. The molecular formula is C17H21N3. The standard InChI is InChI=1S/C17H21N3/c1-19-10-11-20(13-15-6-5-9-18-12-15)14-17(19)16-7-3-2-4-8-16/h2-9,12,17H,10-11,13-14H2,1H3/t17-/m0/s1. The Kier molecular flexibility index (Phi) is 4.09. The highest BCUT2D eigenvalue weighted by Gasteiger charge is 2.25. The van der Waals surface area contributed by atoms with E-state index in [-0.39, 0.29) is 0 Å². The van der Waals surface area contributed by atoms with E-state index in [4.69, 9.17) is 0 Å². The van der Waals surface area contributed by atoms with Crippen LogP contribution in [0.25, 0.3) is 0 Å². The van der Waals surface area contributed by atoms with Gasteiger partial charge in [-0.3, -0.25) is 14.8 Å². The Morgan fingerprint density at radius 1 is 1.10 bits per heavy atom. The Labute approximate surface area is 120 Å². The van der Waals surface area contributed by atoms with Crippen LogP contribution in [0.3, 0.4) is 0 Å². The van der Waals surface area contributed by atoms with Gasteiger partial charge in [-0.2, -0.15) is 0 Å². The van der Waals surface area contributed by atoms with Crippen molar-refractivity contribution in [1.82, 2.24) is 14.8 Å². The Hall–Kier alpha value is -1.71. The minimum Gasteiger partial charge on any atom is -0.297 e. The average Bonchev–Trinajstić information content (AvgIpc) is 2.51. The van der Waals surface area contributed by atoms with Gasteiger partial charge < -0.3 is 0 Å². The Bertz CT molecular complexity index is 526. The Morgan fingerprint density at radius 2 is 1.95 bits per heavy atom. The van der Waals surface area contributed by atoms with E-state index >= 15 is 0 Å². The maximum absolute atomic E-state index is 4.21. The van der Waals surface area contributed by atoms with E-state index in [9.17, 15) is 0 Å². The monoisotopic (exact) mass is 267 g/mol. The Balaban J connectivity index is 1.70. The van der Waals surface area contributed by atoms with Gasteiger partial charge in [-0.25, -0.2) is 0 Å². The molecule has 3 nitrogen and oxygen atoms in total. The molecule has 0 amide bonds. The molecular weight excluding hydrogens is 246 g/mol. The second-order valence-electron chi connectivity index (χ2n) is 5.50. The van der Waals surface area contributed by atoms with Gasteiger partial charge in [-0.05, 0) is 24.2 Å². The highest BCUT2D eigenvalue weighted by Crippen LogP contribution is 2.24. The molecule has 0 bridgehead atoms. The van der Waals surface area contributed by atoms with Crippen LogP contribution in [0.15, 0.2) is 54.9 Å². The van der Waals surface area contributed by atoms with Crippen molar-refractivity contribution in [3.05, 3.63) is 66.0 Å². The van der Waals surface area contributed by atoms with Crippen molar-refractivity contribution in [1.29, 1.82) is 0 Å². The van der Waals surface area contributed by atoms with Gasteiger partial charge in [0.15, 0.2) is 0 Å². The molecule has 2 aromatic rings. The molecule has 1 aromatic heterocycles. The molecule has 1 fully saturated rings. The summed E-state index contributed by atoms with van der Waals surface area (Å²) in [7, 11) is 2.22. The molecule has 3 rings (SSSR count). The lowest BCUT2D eigenvalue weighted by molar-refractivity contribution is 0.0904. The van der Waals surface area contributed by atoms with Crippen molar-refractivity contribution in [2.24, 2.45) is 0 Å². The van der Waals surface area contributed by atoms with Crippen molar-refractivity contribution >= 4 is 0 Å². The fraction of sp³-hybridized carbons (Fsp3) is 0.353. The summed E-state index contributed by atoms with van der Waals surface area (Å²) < 4.78 is 0. The summed E-state index contributed by atoms with van der Waals surface area (Å²) in [6.07, 6.45) is 3.80. The summed E-state index contributed by atoms with van der Waals surface area (Å²) in [6.45, 7) is 4.30. The molecule has 1 atom stereocenters. The molecule has 3 heteroatoms. The van der Waals surface area contributed by atoms with Crippen LogP contribution >= 0.6 is 0 Å². The molecule has 0 unspecified atom stereocenters. The number of hydrogen-bond acceptors (Lipinski definition) is 3. The highest BCUT2D eigenvalue weighted by atomic mass is 15.3. The van der Waals surface area contributed by atoms with Crippen molar-refractivity contribution in [3.8, 4) is 0 Å². The first-order valence-corrected chi connectivity index (χ1v) is 7.19. The molecule has 0 saturated carbocycles. The smallest absolute Gasteiger partial charge is 0.0472 e. The molecule has 104 valence electrons. The molecule has 0 N–H and O–H groups in total. The van der Waals surface area contributed by atoms with Crippen molar-refractivity contribution < 1.29 is 0 Å². The molecule has 2 heterocycles. The second kappa shape index (κ2) is 6.16. The average molecular weight is 267 g/mol. The molecule has 0 aliphatic carbocycles. The second-order valence-corrected chi connectivity index (χ2v) is 5.50. The molecule has 0 spiro atoms. The highest BCUT2D eigenvalue weighted by molar-refractivity contribution is 5.20. The minimum atomic E-state index is 0.488. The van der Waals surface area contributed by atoms with Crippen LogP contribution in [0.1, 0.15) is 17.2 Å². The number of hydrogen-bond donors (Lipinski definition) is 0. The number of rotatable bonds is 3. The van der Waals surface area contributed by atoms with Crippen molar-refractivity contribution in [2.75, 3.05) is 26.7 Å². The van der Waals surface area contributed by atoms with Gasteiger partial charge in [0.1, 0.15) is 0 Å². The third-order valence-electron chi connectivity index (χ3n) is 4.05. The maximum Gasteiger partial charge on any atom is 0.0472 e. The quantitative estimate of drug-likeness (QED) is 0.852. The molecule has 20 heavy (non-hydrogen) atoms. The van der Waals surface area contributed by atoms with E-state index in [1.54, 1.807) is 0 Å². The van der Waals surface area contributed by atoms with E-state index in [1.807, 2.05) is 18.5 Å². The third-order valence-corrected chi connectivity index (χ3v) is 4.05. The number of piperazine rings is 1. The maximum atomic E-state index is 4.21. The predicted octanol–water partition coefficient (Wildman–Crippen LogP) is 2.57. The number of nitrogens with zero attached hydrogens (tertiary/aromatic N) is 3. The van der Waals surface area contributed by atoms with Crippen LogP contribution in [0, 0.1) is 0 Å². The van der Waals surface area contributed by atoms with Gasteiger partial charge >= 0.3 is 0 Å². The lowest BCUT2D eigenvalue weighted by Crippen LogP contribution is -2.46. The largest absolute Gasteiger partial charge is 0.297 e. The number of aromatic nitrogens is 1. The van der Waals surface area contributed by atoms with Crippen molar-refractivity contribution in [3.63, 3.8) is 0 Å². The van der Waals surface area contributed by atoms with Crippen LogP contribution in [0.4, 0.5) is 0 Å². The fourth-order valence-electron chi connectivity index (χ4n) is 2.86.